The minimum Gasteiger partial charge on any atom is -0.376 e. The van der Waals surface area contributed by atoms with Gasteiger partial charge in [0.25, 0.3) is 5.91 Å². The summed E-state index contributed by atoms with van der Waals surface area (Å²) in [5.74, 6) is -0.374. The van der Waals surface area contributed by atoms with Crippen molar-refractivity contribution >= 4 is 23.6 Å². The van der Waals surface area contributed by atoms with Crippen LogP contribution in [-0.2, 0) is 9.53 Å². The molecule has 1 atom stereocenters. The van der Waals surface area contributed by atoms with Crippen LogP contribution in [0.3, 0.4) is 0 Å². The topological polar surface area (TPSA) is 67.1 Å². The lowest BCUT2D eigenvalue weighted by molar-refractivity contribution is -0.117. The molecule has 1 saturated heterocycles. The first-order valence-electron chi connectivity index (χ1n) is 8.96. The number of hydrogen-bond donors (Lipinski definition) is 1. The van der Waals surface area contributed by atoms with Gasteiger partial charge in [0.15, 0.2) is 0 Å². The van der Waals surface area contributed by atoms with Gasteiger partial charge in [-0.2, -0.15) is 5.26 Å². The predicted molar refractivity (Wildman–Crippen MR) is 106 cm³/mol. The molecule has 1 fully saturated rings. The molecular formula is C21H22ClN3O2. The summed E-state index contributed by atoms with van der Waals surface area (Å²) >= 11 is 6.11. The first kappa shape index (κ1) is 19.2. The number of nitriles is 1. The second-order valence-electron chi connectivity index (χ2n) is 6.66. The van der Waals surface area contributed by atoms with E-state index in [9.17, 15) is 10.1 Å². The number of halogens is 1. The van der Waals surface area contributed by atoms with Gasteiger partial charge in [0.2, 0.25) is 0 Å². The fraction of sp³-hybridized carbons (Fsp3) is 0.333. The van der Waals surface area contributed by atoms with Crippen LogP contribution in [0.5, 0.6) is 0 Å². The lowest BCUT2D eigenvalue weighted by Gasteiger charge is -2.11. The zero-order chi connectivity index (χ0) is 19.4. The second kappa shape index (κ2) is 8.43. The van der Waals surface area contributed by atoms with Gasteiger partial charge < -0.3 is 14.6 Å². The zero-order valence-electron chi connectivity index (χ0n) is 15.5. The van der Waals surface area contributed by atoms with Crippen LogP contribution >= 0.6 is 11.6 Å². The lowest BCUT2D eigenvalue weighted by atomic mass is 10.1. The van der Waals surface area contributed by atoms with Crippen molar-refractivity contribution in [2.24, 2.45) is 0 Å². The molecule has 1 aliphatic rings. The summed E-state index contributed by atoms with van der Waals surface area (Å²) in [6.45, 7) is 5.10. The second-order valence-corrected chi connectivity index (χ2v) is 7.09. The quantitative estimate of drug-likeness (QED) is 0.628. The fourth-order valence-electron chi connectivity index (χ4n) is 3.36. The van der Waals surface area contributed by atoms with Gasteiger partial charge in [-0.05, 0) is 62.6 Å². The van der Waals surface area contributed by atoms with Crippen LogP contribution < -0.4 is 5.32 Å². The van der Waals surface area contributed by atoms with E-state index in [1.165, 1.54) is 0 Å². The van der Waals surface area contributed by atoms with Crippen LogP contribution in [0.2, 0.25) is 5.02 Å². The van der Waals surface area contributed by atoms with E-state index in [-0.39, 0.29) is 17.6 Å². The SMILES string of the molecule is Cc1cc(/C=C(\C#N)C(=O)NCC2CCCO2)c(C)n1-c1cccc(Cl)c1. The smallest absolute Gasteiger partial charge is 0.262 e. The summed E-state index contributed by atoms with van der Waals surface area (Å²) < 4.78 is 7.55. The van der Waals surface area contributed by atoms with Crippen LogP contribution in [0.4, 0.5) is 0 Å². The van der Waals surface area contributed by atoms with E-state index in [4.69, 9.17) is 16.3 Å². The number of amides is 1. The Morgan fingerprint density at radius 2 is 2.26 bits per heavy atom. The number of aryl methyl sites for hydroxylation is 1. The number of aromatic nitrogens is 1. The molecule has 6 heteroatoms. The Morgan fingerprint density at radius 1 is 1.44 bits per heavy atom. The summed E-state index contributed by atoms with van der Waals surface area (Å²) in [6, 6.07) is 11.5. The van der Waals surface area contributed by atoms with Crippen molar-refractivity contribution in [3.05, 3.63) is 57.9 Å². The number of nitrogens with one attached hydrogen (secondary N) is 1. The Hall–Kier alpha value is -2.55. The number of benzene rings is 1. The average Bonchev–Trinajstić information content (AvgIpc) is 3.25. The highest BCUT2D eigenvalue weighted by atomic mass is 35.5. The summed E-state index contributed by atoms with van der Waals surface area (Å²) in [5, 5.41) is 12.9. The molecule has 0 radical (unpaired) electrons. The number of ether oxygens (including phenoxy) is 1. The van der Waals surface area contributed by atoms with E-state index in [1.807, 2.05) is 50.2 Å². The Balaban J connectivity index is 1.83. The minimum absolute atomic E-state index is 0.0433. The van der Waals surface area contributed by atoms with Crippen molar-refractivity contribution in [2.75, 3.05) is 13.2 Å². The number of carbonyl (C=O) groups excluding carboxylic acids is 1. The van der Waals surface area contributed by atoms with Gasteiger partial charge in [-0.25, -0.2) is 0 Å². The first-order valence-corrected chi connectivity index (χ1v) is 9.34. The van der Waals surface area contributed by atoms with E-state index < -0.39 is 0 Å². The molecule has 1 aromatic carbocycles. The number of rotatable bonds is 5. The largest absolute Gasteiger partial charge is 0.376 e. The molecule has 2 heterocycles. The first-order chi connectivity index (χ1) is 13.0. The van der Waals surface area contributed by atoms with Gasteiger partial charge in [-0.15, -0.1) is 0 Å². The highest BCUT2D eigenvalue weighted by Gasteiger charge is 2.18. The molecule has 140 valence electrons. The number of carbonyl (C=O) groups is 1. The third-order valence-electron chi connectivity index (χ3n) is 4.72. The van der Waals surface area contributed by atoms with Gasteiger partial charge in [-0.3, -0.25) is 4.79 Å². The molecule has 2 aromatic rings. The molecule has 0 saturated carbocycles. The summed E-state index contributed by atoms with van der Waals surface area (Å²) in [5.41, 5.74) is 3.79. The normalized spacial score (nSPS) is 17.0. The fourth-order valence-corrected chi connectivity index (χ4v) is 3.54. The van der Waals surface area contributed by atoms with Crippen LogP contribution in [-0.4, -0.2) is 29.7 Å². The number of nitrogens with zero attached hydrogens (tertiary/aromatic N) is 2. The maximum atomic E-state index is 12.4. The van der Waals surface area contributed by atoms with Crippen LogP contribution in [0.25, 0.3) is 11.8 Å². The summed E-state index contributed by atoms with van der Waals surface area (Å²) in [6.07, 6.45) is 3.62. The Bertz CT molecular complexity index is 918. The van der Waals surface area contributed by atoms with E-state index in [0.717, 1.165) is 42.1 Å². The van der Waals surface area contributed by atoms with Crippen molar-refractivity contribution in [2.45, 2.75) is 32.8 Å². The van der Waals surface area contributed by atoms with Crippen molar-refractivity contribution in [3.63, 3.8) is 0 Å². The van der Waals surface area contributed by atoms with Crippen molar-refractivity contribution < 1.29 is 9.53 Å². The molecule has 27 heavy (non-hydrogen) atoms. The maximum Gasteiger partial charge on any atom is 0.262 e. The molecule has 1 unspecified atom stereocenters. The molecule has 0 bridgehead atoms. The third-order valence-corrected chi connectivity index (χ3v) is 4.95. The summed E-state index contributed by atoms with van der Waals surface area (Å²) in [4.78, 5) is 12.4. The van der Waals surface area contributed by atoms with Gasteiger partial charge in [0, 0.05) is 35.2 Å². The van der Waals surface area contributed by atoms with E-state index in [0.29, 0.717) is 11.6 Å². The van der Waals surface area contributed by atoms with Crippen molar-refractivity contribution in [3.8, 4) is 11.8 Å². The molecular weight excluding hydrogens is 362 g/mol. The Labute approximate surface area is 164 Å². The molecule has 1 aromatic heterocycles. The molecule has 5 nitrogen and oxygen atoms in total. The molecule has 1 amide bonds. The lowest BCUT2D eigenvalue weighted by Crippen LogP contribution is -2.32. The highest BCUT2D eigenvalue weighted by Crippen LogP contribution is 2.24. The average molecular weight is 384 g/mol. The number of hydrogen-bond acceptors (Lipinski definition) is 3. The molecule has 3 rings (SSSR count). The Kier molecular flexibility index (Phi) is 6.00. The van der Waals surface area contributed by atoms with Crippen LogP contribution in [0, 0.1) is 25.2 Å². The van der Waals surface area contributed by atoms with Crippen molar-refractivity contribution in [1.82, 2.24) is 9.88 Å². The zero-order valence-corrected chi connectivity index (χ0v) is 16.2. The summed E-state index contributed by atoms with van der Waals surface area (Å²) in [7, 11) is 0. The van der Waals surface area contributed by atoms with Crippen LogP contribution in [0.1, 0.15) is 29.8 Å². The maximum absolute atomic E-state index is 12.4. The van der Waals surface area contributed by atoms with E-state index in [1.54, 1.807) is 6.08 Å². The monoisotopic (exact) mass is 383 g/mol. The Morgan fingerprint density at radius 3 is 2.93 bits per heavy atom. The molecule has 1 aliphatic heterocycles. The van der Waals surface area contributed by atoms with E-state index in [2.05, 4.69) is 9.88 Å². The molecule has 0 aliphatic carbocycles. The standard InChI is InChI=1S/C21H22ClN3O2/c1-14-9-16(15(2)25(14)19-6-3-5-18(22)11-19)10-17(12-23)21(26)24-13-20-7-4-8-27-20/h3,5-6,9-11,20H,4,7-8,13H2,1-2H3,(H,24,26)/b17-10+. The third kappa shape index (κ3) is 4.41. The van der Waals surface area contributed by atoms with E-state index >= 15 is 0 Å². The highest BCUT2D eigenvalue weighted by molar-refractivity contribution is 6.30. The minimum atomic E-state index is -0.374. The van der Waals surface area contributed by atoms with Gasteiger partial charge >= 0.3 is 0 Å². The molecule has 0 spiro atoms. The van der Waals surface area contributed by atoms with Crippen LogP contribution in [0.15, 0.2) is 35.9 Å². The van der Waals surface area contributed by atoms with Gasteiger partial charge in [0.1, 0.15) is 11.6 Å². The van der Waals surface area contributed by atoms with Gasteiger partial charge in [0.05, 0.1) is 6.10 Å². The molecule has 1 N–H and O–H groups in total. The van der Waals surface area contributed by atoms with Gasteiger partial charge in [-0.1, -0.05) is 17.7 Å². The predicted octanol–water partition coefficient (Wildman–Crippen LogP) is 3.95. The van der Waals surface area contributed by atoms with Crippen molar-refractivity contribution in [1.29, 1.82) is 5.26 Å².